The summed E-state index contributed by atoms with van der Waals surface area (Å²) in [6, 6.07) is 3.26. The second kappa shape index (κ2) is 7.77. The number of nitro groups is 1. The molecule has 0 heterocycles. The van der Waals surface area contributed by atoms with Crippen LogP contribution in [0.2, 0.25) is 5.02 Å². The summed E-state index contributed by atoms with van der Waals surface area (Å²) in [5, 5.41) is 13.5. The Kier molecular flexibility index (Phi) is 5.75. The molecule has 1 fully saturated rings. The van der Waals surface area contributed by atoms with Crippen molar-refractivity contribution in [3.05, 3.63) is 38.9 Å². The molecular formula is C14H17ClN4O4. The van der Waals surface area contributed by atoms with Gasteiger partial charge in [-0.05, 0) is 25.0 Å². The van der Waals surface area contributed by atoms with E-state index >= 15 is 0 Å². The summed E-state index contributed by atoms with van der Waals surface area (Å²) in [6.07, 6.45) is 5.17. The molecule has 1 aromatic carbocycles. The number of nitro benzene ring substituents is 1. The first kappa shape index (κ1) is 17.0. The Morgan fingerprint density at radius 2 is 1.87 bits per heavy atom. The molecule has 0 bridgehead atoms. The summed E-state index contributed by atoms with van der Waals surface area (Å²) in [7, 11) is 0. The molecule has 9 heteroatoms. The molecule has 0 aliphatic heterocycles. The number of hydrogen-bond donors (Lipinski definition) is 3. The maximum absolute atomic E-state index is 11.9. The van der Waals surface area contributed by atoms with Crippen LogP contribution >= 0.6 is 11.6 Å². The number of hydrazine groups is 1. The molecule has 0 atom stereocenters. The maximum atomic E-state index is 11.9. The summed E-state index contributed by atoms with van der Waals surface area (Å²) in [5.74, 6) is -0.663. The largest absolute Gasteiger partial charge is 0.334 e. The Balaban J connectivity index is 1.88. The Hall–Kier alpha value is -2.35. The van der Waals surface area contributed by atoms with Gasteiger partial charge in [-0.3, -0.25) is 20.3 Å². The van der Waals surface area contributed by atoms with E-state index in [0.29, 0.717) is 0 Å². The number of nitrogens with zero attached hydrogens (tertiary/aromatic N) is 1. The SMILES string of the molecule is O=C(NNC(=O)c1ccc(Cl)c([N+](=O)[O-])c1)NC1CCCCC1. The van der Waals surface area contributed by atoms with Gasteiger partial charge >= 0.3 is 6.03 Å². The lowest BCUT2D eigenvalue weighted by atomic mass is 9.96. The van der Waals surface area contributed by atoms with E-state index in [1.165, 1.54) is 18.6 Å². The fourth-order valence-corrected chi connectivity index (χ4v) is 2.63. The lowest BCUT2D eigenvalue weighted by Crippen LogP contribution is -2.50. The van der Waals surface area contributed by atoms with E-state index < -0.39 is 16.9 Å². The van der Waals surface area contributed by atoms with Crippen LogP contribution in [0.4, 0.5) is 10.5 Å². The van der Waals surface area contributed by atoms with E-state index in [1.54, 1.807) is 0 Å². The van der Waals surface area contributed by atoms with Crippen LogP contribution < -0.4 is 16.2 Å². The van der Waals surface area contributed by atoms with Gasteiger partial charge in [0.2, 0.25) is 0 Å². The minimum Gasteiger partial charge on any atom is -0.334 e. The van der Waals surface area contributed by atoms with Crippen LogP contribution in [-0.4, -0.2) is 22.9 Å². The highest BCUT2D eigenvalue weighted by atomic mass is 35.5. The van der Waals surface area contributed by atoms with Gasteiger partial charge < -0.3 is 5.32 Å². The average Bonchev–Trinajstić information content (AvgIpc) is 2.53. The highest BCUT2D eigenvalue weighted by molar-refractivity contribution is 6.32. The van der Waals surface area contributed by atoms with E-state index in [9.17, 15) is 19.7 Å². The van der Waals surface area contributed by atoms with Gasteiger partial charge in [-0.15, -0.1) is 0 Å². The molecule has 2 rings (SSSR count). The van der Waals surface area contributed by atoms with Crippen molar-refractivity contribution in [3.8, 4) is 0 Å². The molecule has 0 aromatic heterocycles. The third-order valence-electron chi connectivity index (χ3n) is 3.63. The predicted octanol–water partition coefficient (Wildman–Crippen LogP) is 2.52. The molecule has 1 aromatic rings. The zero-order valence-electron chi connectivity index (χ0n) is 12.3. The standard InChI is InChI=1S/C14H17ClN4O4/c15-11-7-6-9(8-12(11)19(22)23)13(20)17-18-14(21)16-10-4-2-1-3-5-10/h6-8,10H,1-5H2,(H,17,20)(H2,16,18,21). The van der Waals surface area contributed by atoms with Gasteiger partial charge in [-0.1, -0.05) is 30.9 Å². The number of halogens is 1. The highest BCUT2D eigenvalue weighted by Crippen LogP contribution is 2.24. The molecule has 0 spiro atoms. The fourth-order valence-electron chi connectivity index (χ4n) is 2.45. The lowest BCUT2D eigenvalue weighted by molar-refractivity contribution is -0.384. The normalized spacial score (nSPS) is 14.8. The van der Waals surface area contributed by atoms with Gasteiger partial charge in [0, 0.05) is 17.7 Å². The molecule has 0 saturated heterocycles. The number of rotatable bonds is 3. The summed E-state index contributed by atoms with van der Waals surface area (Å²) >= 11 is 5.68. The fraction of sp³-hybridized carbons (Fsp3) is 0.429. The molecule has 0 radical (unpaired) electrons. The summed E-state index contributed by atoms with van der Waals surface area (Å²) in [5.41, 5.74) is 4.10. The van der Waals surface area contributed by atoms with Crippen LogP contribution in [0.25, 0.3) is 0 Å². The number of amides is 3. The third-order valence-corrected chi connectivity index (χ3v) is 3.95. The molecule has 3 amide bonds. The van der Waals surface area contributed by atoms with E-state index in [0.717, 1.165) is 31.7 Å². The lowest BCUT2D eigenvalue weighted by Gasteiger charge is -2.22. The van der Waals surface area contributed by atoms with Crippen LogP contribution in [0.1, 0.15) is 42.5 Å². The third kappa shape index (κ3) is 4.82. The van der Waals surface area contributed by atoms with Crippen molar-refractivity contribution in [2.45, 2.75) is 38.1 Å². The van der Waals surface area contributed by atoms with E-state index in [1.807, 2.05) is 0 Å². The minimum absolute atomic E-state index is 0.0269. The van der Waals surface area contributed by atoms with Gasteiger partial charge in [0.05, 0.1) is 4.92 Å². The minimum atomic E-state index is -0.678. The van der Waals surface area contributed by atoms with Crippen LogP contribution in [0, 0.1) is 10.1 Å². The Morgan fingerprint density at radius 1 is 1.17 bits per heavy atom. The summed E-state index contributed by atoms with van der Waals surface area (Å²) < 4.78 is 0. The number of urea groups is 1. The second-order valence-corrected chi connectivity index (χ2v) is 5.72. The van der Waals surface area contributed by atoms with Gasteiger partial charge in [0.15, 0.2) is 0 Å². The molecule has 1 saturated carbocycles. The van der Waals surface area contributed by atoms with Crippen molar-refractivity contribution in [3.63, 3.8) is 0 Å². The van der Waals surface area contributed by atoms with Crippen LogP contribution in [-0.2, 0) is 0 Å². The number of carbonyl (C=O) groups excluding carboxylic acids is 2. The van der Waals surface area contributed by atoms with E-state index in [4.69, 9.17) is 11.6 Å². The first-order chi connectivity index (χ1) is 11.0. The molecule has 1 aliphatic rings. The predicted molar refractivity (Wildman–Crippen MR) is 84.1 cm³/mol. The summed E-state index contributed by atoms with van der Waals surface area (Å²) in [6.45, 7) is 0. The van der Waals surface area contributed by atoms with Gasteiger partial charge in [0.1, 0.15) is 5.02 Å². The number of carbonyl (C=O) groups is 2. The molecular weight excluding hydrogens is 324 g/mol. The van der Waals surface area contributed by atoms with E-state index in [-0.39, 0.29) is 22.3 Å². The smallest absolute Gasteiger partial charge is 0.333 e. The molecule has 0 unspecified atom stereocenters. The monoisotopic (exact) mass is 340 g/mol. The Bertz CT molecular complexity index is 617. The van der Waals surface area contributed by atoms with Gasteiger partial charge in [0.25, 0.3) is 11.6 Å². The van der Waals surface area contributed by atoms with E-state index in [2.05, 4.69) is 16.2 Å². The highest BCUT2D eigenvalue weighted by Gasteiger charge is 2.18. The summed E-state index contributed by atoms with van der Waals surface area (Å²) in [4.78, 5) is 33.7. The maximum Gasteiger partial charge on any atom is 0.333 e. The topological polar surface area (TPSA) is 113 Å². The van der Waals surface area contributed by atoms with Gasteiger partial charge in [-0.25, -0.2) is 10.2 Å². The van der Waals surface area contributed by atoms with Crippen molar-refractivity contribution in [2.75, 3.05) is 0 Å². The number of nitrogens with one attached hydrogen (secondary N) is 3. The van der Waals surface area contributed by atoms with Crippen molar-refractivity contribution in [2.24, 2.45) is 0 Å². The number of benzene rings is 1. The molecule has 124 valence electrons. The van der Waals surface area contributed by atoms with Crippen molar-refractivity contribution in [1.29, 1.82) is 0 Å². The van der Waals surface area contributed by atoms with Gasteiger partial charge in [-0.2, -0.15) is 0 Å². The second-order valence-electron chi connectivity index (χ2n) is 5.31. The van der Waals surface area contributed by atoms with Crippen LogP contribution in [0.3, 0.4) is 0 Å². The Morgan fingerprint density at radius 3 is 2.52 bits per heavy atom. The molecule has 23 heavy (non-hydrogen) atoms. The molecule has 8 nitrogen and oxygen atoms in total. The molecule has 3 N–H and O–H groups in total. The van der Waals surface area contributed by atoms with Crippen LogP contribution in [0.15, 0.2) is 18.2 Å². The average molecular weight is 341 g/mol. The first-order valence-corrected chi connectivity index (χ1v) is 7.66. The quantitative estimate of drug-likeness (QED) is 0.579. The van der Waals surface area contributed by atoms with Crippen LogP contribution in [0.5, 0.6) is 0 Å². The zero-order valence-corrected chi connectivity index (χ0v) is 13.1. The molecule has 1 aliphatic carbocycles. The zero-order chi connectivity index (χ0) is 16.8. The Labute approximate surface area is 137 Å². The first-order valence-electron chi connectivity index (χ1n) is 7.28. The van der Waals surface area contributed by atoms with Crippen molar-refractivity contribution >= 4 is 29.2 Å². The van der Waals surface area contributed by atoms with Crippen molar-refractivity contribution < 1.29 is 14.5 Å². The van der Waals surface area contributed by atoms with Crippen molar-refractivity contribution in [1.82, 2.24) is 16.2 Å². The number of hydrogen-bond acceptors (Lipinski definition) is 4.